The van der Waals surface area contributed by atoms with Crippen LogP contribution in [-0.4, -0.2) is 5.97 Å². The van der Waals surface area contributed by atoms with Gasteiger partial charge in [0.1, 0.15) is 0 Å². The molecule has 0 aliphatic heterocycles. The van der Waals surface area contributed by atoms with E-state index in [1.54, 1.807) is 0 Å². The SMILES string of the molecule is O=C(OS)C1CCCCCC1. The minimum absolute atomic E-state index is 0.120. The predicted octanol–water partition coefficient (Wildman–Crippen LogP) is 2.34. The molecule has 0 heterocycles. The molecular weight excluding hydrogens is 160 g/mol. The molecule has 0 bridgehead atoms. The van der Waals surface area contributed by atoms with Crippen molar-refractivity contribution in [3.05, 3.63) is 0 Å². The van der Waals surface area contributed by atoms with Crippen LogP contribution < -0.4 is 0 Å². The summed E-state index contributed by atoms with van der Waals surface area (Å²) in [4.78, 5) is 11.0. The van der Waals surface area contributed by atoms with E-state index in [1.807, 2.05) is 0 Å². The highest BCUT2D eigenvalue weighted by Crippen LogP contribution is 2.23. The fraction of sp³-hybridized carbons (Fsp3) is 0.875. The van der Waals surface area contributed by atoms with E-state index in [2.05, 4.69) is 17.1 Å². The molecule has 0 unspecified atom stereocenters. The van der Waals surface area contributed by atoms with Crippen molar-refractivity contribution in [2.45, 2.75) is 38.5 Å². The lowest BCUT2D eigenvalue weighted by atomic mass is 10.0. The average Bonchev–Trinajstić information content (AvgIpc) is 2.30. The molecule has 11 heavy (non-hydrogen) atoms. The first kappa shape index (κ1) is 8.91. The maximum Gasteiger partial charge on any atom is 0.320 e. The van der Waals surface area contributed by atoms with Gasteiger partial charge in [0, 0.05) is 12.9 Å². The zero-order valence-corrected chi connectivity index (χ0v) is 7.48. The molecule has 64 valence electrons. The van der Waals surface area contributed by atoms with E-state index in [4.69, 9.17) is 0 Å². The highest BCUT2D eigenvalue weighted by molar-refractivity contribution is 7.75. The fourth-order valence-electron chi connectivity index (χ4n) is 1.59. The van der Waals surface area contributed by atoms with Crippen molar-refractivity contribution in [3.63, 3.8) is 0 Å². The first-order valence-corrected chi connectivity index (χ1v) is 4.56. The Hall–Kier alpha value is -0.180. The van der Waals surface area contributed by atoms with Crippen LogP contribution in [0.4, 0.5) is 0 Å². The third-order valence-corrected chi connectivity index (χ3v) is 2.46. The molecule has 1 fully saturated rings. The van der Waals surface area contributed by atoms with Crippen LogP contribution in [0.1, 0.15) is 38.5 Å². The molecule has 1 rings (SSSR count). The van der Waals surface area contributed by atoms with Crippen LogP contribution in [0, 0.1) is 5.92 Å². The van der Waals surface area contributed by atoms with Crippen molar-refractivity contribution >= 4 is 18.9 Å². The van der Waals surface area contributed by atoms with Gasteiger partial charge in [-0.3, -0.25) is 4.79 Å². The topological polar surface area (TPSA) is 26.3 Å². The van der Waals surface area contributed by atoms with Crippen molar-refractivity contribution in [3.8, 4) is 0 Å². The van der Waals surface area contributed by atoms with Crippen LogP contribution >= 0.6 is 12.9 Å². The van der Waals surface area contributed by atoms with Gasteiger partial charge in [0.25, 0.3) is 0 Å². The van der Waals surface area contributed by atoms with Gasteiger partial charge in [0.05, 0.1) is 5.92 Å². The number of rotatable bonds is 1. The van der Waals surface area contributed by atoms with Crippen LogP contribution in [0.15, 0.2) is 0 Å². The average molecular weight is 174 g/mol. The monoisotopic (exact) mass is 174 g/mol. The lowest BCUT2D eigenvalue weighted by Crippen LogP contribution is -2.13. The quantitative estimate of drug-likeness (QED) is 0.375. The number of thiol groups is 1. The Bertz CT molecular complexity index is 128. The van der Waals surface area contributed by atoms with Crippen LogP contribution in [0.5, 0.6) is 0 Å². The molecule has 0 aromatic heterocycles. The number of carbonyl (C=O) groups is 1. The number of hydrogen-bond donors (Lipinski definition) is 1. The molecule has 3 heteroatoms. The van der Waals surface area contributed by atoms with E-state index in [9.17, 15) is 4.79 Å². The Labute approximate surface area is 72.9 Å². The minimum Gasteiger partial charge on any atom is -0.394 e. The van der Waals surface area contributed by atoms with Gasteiger partial charge >= 0.3 is 5.97 Å². The van der Waals surface area contributed by atoms with Gasteiger partial charge in [-0.1, -0.05) is 25.7 Å². The van der Waals surface area contributed by atoms with Gasteiger partial charge in [0.15, 0.2) is 0 Å². The summed E-state index contributed by atoms with van der Waals surface area (Å²) in [7, 11) is 0. The molecule has 1 aliphatic carbocycles. The zero-order chi connectivity index (χ0) is 8.10. The summed E-state index contributed by atoms with van der Waals surface area (Å²) >= 11 is 3.51. The summed E-state index contributed by atoms with van der Waals surface area (Å²) in [5, 5.41) is 0. The molecule has 1 aliphatic rings. The first-order chi connectivity index (χ1) is 5.34. The summed E-state index contributed by atoms with van der Waals surface area (Å²) in [6, 6.07) is 0. The summed E-state index contributed by atoms with van der Waals surface area (Å²) < 4.78 is 4.40. The molecule has 1 saturated carbocycles. The van der Waals surface area contributed by atoms with Crippen molar-refractivity contribution in [2.24, 2.45) is 5.92 Å². The van der Waals surface area contributed by atoms with E-state index < -0.39 is 0 Å². The molecule has 0 atom stereocenters. The van der Waals surface area contributed by atoms with Gasteiger partial charge in [-0.25, -0.2) is 0 Å². The van der Waals surface area contributed by atoms with Crippen LogP contribution in [-0.2, 0) is 8.98 Å². The molecular formula is C8H14O2S. The van der Waals surface area contributed by atoms with E-state index in [1.165, 1.54) is 12.8 Å². The van der Waals surface area contributed by atoms with E-state index in [0.29, 0.717) is 0 Å². The molecule has 0 aromatic rings. The van der Waals surface area contributed by atoms with E-state index >= 15 is 0 Å². The van der Waals surface area contributed by atoms with Crippen molar-refractivity contribution in [1.82, 2.24) is 0 Å². The maximum absolute atomic E-state index is 11.0. The minimum atomic E-state index is -0.143. The second-order valence-electron chi connectivity index (χ2n) is 3.10. The molecule has 0 N–H and O–H groups in total. The predicted molar refractivity (Wildman–Crippen MR) is 46.3 cm³/mol. The Morgan fingerprint density at radius 2 is 1.73 bits per heavy atom. The Morgan fingerprint density at radius 1 is 1.18 bits per heavy atom. The molecule has 0 saturated heterocycles. The second-order valence-corrected chi connectivity index (χ2v) is 3.28. The van der Waals surface area contributed by atoms with Gasteiger partial charge in [-0.05, 0) is 12.8 Å². The van der Waals surface area contributed by atoms with Gasteiger partial charge in [-0.15, -0.1) is 0 Å². The lowest BCUT2D eigenvalue weighted by Gasteiger charge is -2.08. The Kier molecular flexibility index (Phi) is 3.77. The van der Waals surface area contributed by atoms with Crippen molar-refractivity contribution in [2.75, 3.05) is 0 Å². The van der Waals surface area contributed by atoms with Crippen molar-refractivity contribution in [1.29, 1.82) is 0 Å². The summed E-state index contributed by atoms with van der Waals surface area (Å²) in [5.41, 5.74) is 0. The van der Waals surface area contributed by atoms with Crippen LogP contribution in [0.3, 0.4) is 0 Å². The number of carbonyl (C=O) groups excluding carboxylic acids is 1. The van der Waals surface area contributed by atoms with E-state index in [-0.39, 0.29) is 11.9 Å². The smallest absolute Gasteiger partial charge is 0.320 e. The molecule has 2 nitrogen and oxygen atoms in total. The third kappa shape index (κ3) is 2.73. The fourth-order valence-corrected chi connectivity index (χ4v) is 1.74. The largest absolute Gasteiger partial charge is 0.394 e. The first-order valence-electron chi connectivity index (χ1n) is 4.20. The molecule has 0 radical (unpaired) electrons. The third-order valence-electron chi connectivity index (χ3n) is 2.28. The van der Waals surface area contributed by atoms with Gasteiger partial charge < -0.3 is 4.18 Å². The van der Waals surface area contributed by atoms with Gasteiger partial charge in [-0.2, -0.15) is 0 Å². The van der Waals surface area contributed by atoms with Gasteiger partial charge in [0.2, 0.25) is 0 Å². The van der Waals surface area contributed by atoms with Crippen LogP contribution in [0.2, 0.25) is 0 Å². The van der Waals surface area contributed by atoms with E-state index in [0.717, 1.165) is 25.7 Å². The zero-order valence-electron chi connectivity index (χ0n) is 6.58. The highest BCUT2D eigenvalue weighted by atomic mass is 32.1. The molecule has 0 amide bonds. The molecule has 0 aromatic carbocycles. The standard InChI is InChI=1S/C8H14O2S/c9-8(10-11)7-5-3-1-2-4-6-7/h7,11H,1-6H2. The maximum atomic E-state index is 11.0. The summed E-state index contributed by atoms with van der Waals surface area (Å²) in [5.74, 6) is -0.0229. The normalized spacial score (nSPS) is 20.8. The van der Waals surface area contributed by atoms with Crippen LogP contribution in [0.25, 0.3) is 0 Å². The Morgan fingerprint density at radius 3 is 2.18 bits per heavy atom. The number of hydrogen-bond acceptors (Lipinski definition) is 3. The lowest BCUT2D eigenvalue weighted by molar-refractivity contribution is -0.137. The molecule has 0 spiro atoms. The van der Waals surface area contributed by atoms with Crippen molar-refractivity contribution < 1.29 is 8.98 Å². The Balaban J connectivity index is 2.36. The second kappa shape index (κ2) is 4.65. The highest BCUT2D eigenvalue weighted by Gasteiger charge is 2.20. The summed E-state index contributed by atoms with van der Waals surface area (Å²) in [6.07, 6.45) is 6.81. The summed E-state index contributed by atoms with van der Waals surface area (Å²) in [6.45, 7) is 0.